The van der Waals surface area contributed by atoms with Crippen LogP contribution in [0.4, 0.5) is 4.39 Å². The SMILES string of the molecule is CCc1nc2ccc(F)cn2c1C(=O)N1CCCC(C)C1. The van der Waals surface area contributed by atoms with Crippen molar-refractivity contribution in [3.05, 3.63) is 35.5 Å². The van der Waals surface area contributed by atoms with Gasteiger partial charge >= 0.3 is 0 Å². The molecule has 0 aliphatic carbocycles. The Bertz CT molecular complexity index is 679. The Morgan fingerprint density at radius 1 is 1.48 bits per heavy atom. The average molecular weight is 289 g/mol. The van der Waals surface area contributed by atoms with Gasteiger partial charge in [-0.2, -0.15) is 0 Å². The molecule has 1 saturated heterocycles. The molecule has 3 heterocycles. The second-order valence-electron chi connectivity index (χ2n) is 5.83. The van der Waals surface area contributed by atoms with Gasteiger partial charge in [-0.25, -0.2) is 9.37 Å². The maximum atomic E-state index is 13.5. The lowest BCUT2D eigenvalue weighted by atomic mass is 10.00. The van der Waals surface area contributed by atoms with Crippen LogP contribution in [0.15, 0.2) is 18.3 Å². The van der Waals surface area contributed by atoms with E-state index in [-0.39, 0.29) is 11.7 Å². The van der Waals surface area contributed by atoms with Crippen molar-refractivity contribution in [2.45, 2.75) is 33.1 Å². The third kappa shape index (κ3) is 2.52. The third-order valence-electron chi connectivity index (χ3n) is 4.14. The summed E-state index contributed by atoms with van der Waals surface area (Å²) >= 11 is 0. The standard InChI is InChI=1S/C16H20FN3O/c1-3-13-15(16(21)19-8-4-5-11(2)9-19)20-10-12(17)6-7-14(20)18-13/h6-7,10-11H,3-5,8-9H2,1-2H3. The van der Waals surface area contributed by atoms with Crippen LogP contribution in [0.5, 0.6) is 0 Å². The van der Waals surface area contributed by atoms with E-state index in [9.17, 15) is 9.18 Å². The van der Waals surface area contributed by atoms with Crippen molar-refractivity contribution in [1.29, 1.82) is 0 Å². The number of imidazole rings is 1. The van der Waals surface area contributed by atoms with Crippen molar-refractivity contribution in [2.24, 2.45) is 5.92 Å². The molecule has 0 aromatic carbocycles. The number of carbonyl (C=O) groups excluding carboxylic acids is 1. The minimum absolute atomic E-state index is 0.0310. The topological polar surface area (TPSA) is 37.6 Å². The summed E-state index contributed by atoms with van der Waals surface area (Å²) in [5.41, 5.74) is 1.88. The van der Waals surface area contributed by atoms with Crippen molar-refractivity contribution >= 4 is 11.6 Å². The van der Waals surface area contributed by atoms with Gasteiger partial charge in [0, 0.05) is 19.3 Å². The smallest absolute Gasteiger partial charge is 0.272 e. The molecule has 0 N–H and O–H groups in total. The van der Waals surface area contributed by atoms with E-state index < -0.39 is 0 Å². The molecule has 4 nitrogen and oxygen atoms in total. The first kappa shape index (κ1) is 14.0. The van der Waals surface area contributed by atoms with Crippen LogP contribution in [0.2, 0.25) is 0 Å². The summed E-state index contributed by atoms with van der Waals surface area (Å²) < 4.78 is 15.1. The number of pyridine rings is 1. The number of hydrogen-bond acceptors (Lipinski definition) is 2. The predicted octanol–water partition coefficient (Wildman–Crippen LogP) is 2.91. The molecule has 0 saturated carbocycles. The molecule has 1 amide bonds. The number of aromatic nitrogens is 2. The number of likely N-dealkylation sites (tertiary alicyclic amines) is 1. The zero-order valence-electron chi connectivity index (χ0n) is 12.5. The van der Waals surface area contributed by atoms with Gasteiger partial charge in [-0.3, -0.25) is 9.20 Å². The molecule has 0 spiro atoms. The van der Waals surface area contributed by atoms with Crippen molar-refractivity contribution < 1.29 is 9.18 Å². The summed E-state index contributed by atoms with van der Waals surface area (Å²) in [6, 6.07) is 2.99. The number of aryl methyl sites for hydroxylation is 1. The van der Waals surface area contributed by atoms with Gasteiger partial charge < -0.3 is 4.90 Å². The summed E-state index contributed by atoms with van der Waals surface area (Å²) in [6.45, 7) is 5.67. The molecule has 1 atom stereocenters. The van der Waals surface area contributed by atoms with Crippen LogP contribution >= 0.6 is 0 Å². The molecular weight excluding hydrogens is 269 g/mol. The van der Waals surface area contributed by atoms with Gasteiger partial charge in [0.25, 0.3) is 5.91 Å². The lowest BCUT2D eigenvalue weighted by Crippen LogP contribution is -2.40. The highest BCUT2D eigenvalue weighted by atomic mass is 19.1. The number of amides is 1. The van der Waals surface area contributed by atoms with Crippen molar-refractivity contribution in [1.82, 2.24) is 14.3 Å². The highest BCUT2D eigenvalue weighted by Crippen LogP contribution is 2.21. The minimum Gasteiger partial charge on any atom is -0.337 e. The Kier molecular flexibility index (Phi) is 3.66. The fourth-order valence-electron chi connectivity index (χ4n) is 3.06. The van der Waals surface area contributed by atoms with Crippen LogP contribution in [-0.2, 0) is 6.42 Å². The summed E-state index contributed by atoms with van der Waals surface area (Å²) in [5, 5.41) is 0. The largest absolute Gasteiger partial charge is 0.337 e. The molecule has 3 rings (SSSR count). The van der Waals surface area contributed by atoms with Gasteiger partial charge in [0.05, 0.1) is 5.69 Å². The predicted molar refractivity (Wildman–Crippen MR) is 78.8 cm³/mol. The molecule has 0 bridgehead atoms. The van der Waals surface area contributed by atoms with Crippen LogP contribution in [0.3, 0.4) is 0 Å². The Balaban J connectivity index is 2.05. The monoisotopic (exact) mass is 289 g/mol. The van der Waals surface area contributed by atoms with Gasteiger partial charge in [0.1, 0.15) is 17.2 Å². The first-order chi connectivity index (χ1) is 10.1. The summed E-state index contributed by atoms with van der Waals surface area (Å²) in [4.78, 5) is 19.2. The van der Waals surface area contributed by atoms with Gasteiger partial charge in [-0.05, 0) is 37.3 Å². The number of hydrogen-bond donors (Lipinski definition) is 0. The van der Waals surface area contributed by atoms with Crippen molar-refractivity contribution in [3.8, 4) is 0 Å². The summed E-state index contributed by atoms with van der Waals surface area (Å²) in [7, 11) is 0. The Morgan fingerprint density at radius 3 is 3.00 bits per heavy atom. The number of halogens is 1. The molecule has 5 heteroatoms. The molecule has 2 aromatic rings. The lowest BCUT2D eigenvalue weighted by Gasteiger charge is -2.31. The fourth-order valence-corrected chi connectivity index (χ4v) is 3.06. The van der Waals surface area contributed by atoms with E-state index in [4.69, 9.17) is 0 Å². The quantitative estimate of drug-likeness (QED) is 0.852. The minimum atomic E-state index is -0.358. The number of carbonyl (C=O) groups is 1. The molecule has 1 fully saturated rings. The second-order valence-corrected chi connectivity index (χ2v) is 5.83. The van der Waals surface area contributed by atoms with E-state index in [2.05, 4.69) is 11.9 Å². The number of piperidine rings is 1. The molecule has 2 aromatic heterocycles. The van der Waals surface area contributed by atoms with Crippen LogP contribution in [-0.4, -0.2) is 33.3 Å². The summed E-state index contributed by atoms with van der Waals surface area (Å²) in [5.74, 6) is 0.129. The van der Waals surface area contributed by atoms with E-state index in [1.165, 1.54) is 12.3 Å². The van der Waals surface area contributed by atoms with Crippen LogP contribution < -0.4 is 0 Å². The highest BCUT2D eigenvalue weighted by Gasteiger charge is 2.26. The van der Waals surface area contributed by atoms with Crippen LogP contribution in [0, 0.1) is 11.7 Å². The molecule has 0 radical (unpaired) electrons. The molecule has 1 aliphatic rings. The highest BCUT2D eigenvalue weighted by molar-refractivity contribution is 5.94. The first-order valence-electron chi connectivity index (χ1n) is 7.56. The fraction of sp³-hybridized carbons (Fsp3) is 0.500. The zero-order valence-corrected chi connectivity index (χ0v) is 12.5. The van der Waals surface area contributed by atoms with E-state index in [1.54, 1.807) is 10.5 Å². The number of nitrogens with zero attached hydrogens (tertiary/aromatic N) is 3. The second kappa shape index (κ2) is 5.47. The number of rotatable bonds is 2. The van der Waals surface area contributed by atoms with E-state index in [0.29, 0.717) is 23.7 Å². The third-order valence-corrected chi connectivity index (χ3v) is 4.14. The van der Waals surface area contributed by atoms with E-state index >= 15 is 0 Å². The van der Waals surface area contributed by atoms with E-state index in [1.807, 2.05) is 11.8 Å². The zero-order chi connectivity index (χ0) is 15.0. The number of fused-ring (bicyclic) bond motifs is 1. The first-order valence-corrected chi connectivity index (χ1v) is 7.56. The molecular formula is C16H20FN3O. The Hall–Kier alpha value is -1.91. The van der Waals surface area contributed by atoms with Crippen LogP contribution in [0.25, 0.3) is 5.65 Å². The molecule has 1 aliphatic heterocycles. The van der Waals surface area contributed by atoms with Crippen molar-refractivity contribution in [3.63, 3.8) is 0 Å². The van der Waals surface area contributed by atoms with Gasteiger partial charge in [0.2, 0.25) is 0 Å². The molecule has 112 valence electrons. The molecule has 1 unspecified atom stereocenters. The Morgan fingerprint density at radius 2 is 2.29 bits per heavy atom. The van der Waals surface area contributed by atoms with Gasteiger partial charge in [-0.1, -0.05) is 13.8 Å². The maximum absolute atomic E-state index is 13.5. The summed E-state index contributed by atoms with van der Waals surface area (Å²) in [6.07, 6.45) is 4.20. The van der Waals surface area contributed by atoms with E-state index in [0.717, 1.165) is 31.6 Å². The average Bonchev–Trinajstić information content (AvgIpc) is 2.84. The Labute approximate surface area is 123 Å². The normalized spacial score (nSPS) is 19.2. The van der Waals surface area contributed by atoms with Crippen molar-refractivity contribution in [2.75, 3.05) is 13.1 Å². The molecule has 21 heavy (non-hydrogen) atoms. The van der Waals surface area contributed by atoms with Gasteiger partial charge in [-0.15, -0.1) is 0 Å². The van der Waals surface area contributed by atoms with Crippen LogP contribution in [0.1, 0.15) is 42.9 Å². The lowest BCUT2D eigenvalue weighted by molar-refractivity contribution is 0.0674. The maximum Gasteiger partial charge on any atom is 0.272 e. The van der Waals surface area contributed by atoms with Gasteiger partial charge in [0.15, 0.2) is 0 Å².